The smallest absolute Gasteiger partial charge is 0.254 e. The van der Waals surface area contributed by atoms with Gasteiger partial charge in [-0.1, -0.05) is 45.0 Å². The highest BCUT2D eigenvalue weighted by Gasteiger charge is 2.58. The minimum Gasteiger partial charge on any atom is -0.335 e. The lowest BCUT2D eigenvalue weighted by Gasteiger charge is -2.62. The van der Waals surface area contributed by atoms with Gasteiger partial charge >= 0.3 is 0 Å². The van der Waals surface area contributed by atoms with Crippen molar-refractivity contribution in [2.75, 3.05) is 11.9 Å². The number of likely N-dealkylation sites (tertiary alicyclic amines) is 1. The van der Waals surface area contributed by atoms with Crippen LogP contribution < -0.4 is 5.32 Å². The van der Waals surface area contributed by atoms with Crippen LogP contribution in [0.1, 0.15) is 74.5 Å². The monoisotopic (exact) mass is 416 g/mol. The molecule has 3 atom stereocenters. The molecule has 162 valence electrons. The van der Waals surface area contributed by atoms with Crippen LogP contribution in [-0.4, -0.2) is 29.3 Å². The van der Waals surface area contributed by atoms with E-state index < -0.39 is 5.41 Å². The first kappa shape index (κ1) is 20.3. The van der Waals surface area contributed by atoms with Crippen LogP contribution in [0.25, 0.3) is 0 Å². The molecule has 2 bridgehead atoms. The second kappa shape index (κ2) is 6.44. The molecule has 31 heavy (non-hydrogen) atoms. The predicted octanol–water partition coefficient (Wildman–Crippen LogP) is 5.06. The summed E-state index contributed by atoms with van der Waals surface area (Å²) in [4.78, 5) is 28.3. The lowest BCUT2D eigenvalue weighted by molar-refractivity contribution is -0.119. The highest BCUT2D eigenvalue weighted by molar-refractivity contribution is 6.07. The summed E-state index contributed by atoms with van der Waals surface area (Å²) in [7, 11) is 0. The fourth-order valence-corrected chi connectivity index (χ4v) is 6.46. The Bertz CT molecular complexity index is 1100. The van der Waals surface area contributed by atoms with Gasteiger partial charge in [0.1, 0.15) is 0 Å². The van der Waals surface area contributed by atoms with Gasteiger partial charge in [-0.3, -0.25) is 9.59 Å². The van der Waals surface area contributed by atoms with E-state index in [1.54, 1.807) is 0 Å². The molecule has 3 aliphatic rings. The molecule has 1 unspecified atom stereocenters. The number of nitrogens with zero attached hydrogens (tertiary/aromatic N) is 1. The number of piperidine rings is 1. The Morgan fingerprint density at radius 1 is 1.10 bits per heavy atom. The molecule has 0 spiro atoms. The zero-order valence-electron chi connectivity index (χ0n) is 19.2. The molecule has 1 fully saturated rings. The van der Waals surface area contributed by atoms with Gasteiger partial charge in [-0.05, 0) is 73.4 Å². The molecule has 1 aliphatic carbocycles. The molecule has 2 aliphatic heterocycles. The predicted molar refractivity (Wildman–Crippen MR) is 123 cm³/mol. The van der Waals surface area contributed by atoms with Gasteiger partial charge in [0.05, 0.1) is 5.41 Å². The quantitative estimate of drug-likeness (QED) is 0.744. The molecular weight excluding hydrogens is 384 g/mol. The lowest BCUT2D eigenvalue weighted by Crippen LogP contribution is -2.65. The Hall–Kier alpha value is -2.62. The summed E-state index contributed by atoms with van der Waals surface area (Å²) in [6, 6.07) is 14.7. The fraction of sp³-hybridized carbons (Fsp3) is 0.481. The van der Waals surface area contributed by atoms with E-state index in [2.05, 4.69) is 55.3 Å². The summed E-state index contributed by atoms with van der Waals surface area (Å²) in [6.45, 7) is 11.6. The van der Waals surface area contributed by atoms with Crippen LogP contribution in [0.15, 0.2) is 42.5 Å². The van der Waals surface area contributed by atoms with E-state index in [9.17, 15) is 9.59 Å². The van der Waals surface area contributed by atoms with Crippen molar-refractivity contribution >= 4 is 17.5 Å². The molecule has 2 aromatic carbocycles. The third-order valence-electron chi connectivity index (χ3n) is 9.00. The molecule has 0 radical (unpaired) electrons. The van der Waals surface area contributed by atoms with Gasteiger partial charge in [-0.2, -0.15) is 0 Å². The zero-order valence-corrected chi connectivity index (χ0v) is 19.2. The minimum atomic E-state index is -0.617. The number of fused-ring (bicyclic) bond motifs is 5. The highest BCUT2D eigenvalue weighted by Crippen LogP contribution is 2.58. The van der Waals surface area contributed by atoms with Crippen LogP contribution in [0.4, 0.5) is 5.69 Å². The molecule has 2 heterocycles. The van der Waals surface area contributed by atoms with E-state index in [-0.39, 0.29) is 28.7 Å². The van der Waals surface area contributed by atoms with Gasteiger partial charge in [-0.25, -0.2) is 0 Å². The van der Waals surface area contributed by atoms with Crippen LogP contribution in [-0.2, 0) is 22.0 Å². The summed E-state index contributed by atoms with van der Waals surface area (Å²) in [6.07, 6.45) is 2.90. The Balaban J connectivity index is 1.56. The van der Waals surface area contributed by atoms with Crippen LogP contribution in [0.2, 0.25) is 0 Å². The standard InChI is InChI=1S/C27H32N2O2/c1-6-26(4)22-16-17-9-7-8-10-19(17)27(26,5)13-14-29(22)23(30)18-11-12-21-20(15-18)25(2,3)24(31)28-21/h7-12,15,22H,6,13-14,16H2,1-5H3,(H,28,31)/t22-,26?,27+/m1/s1. The Morgan fingerprint density at radius 2 is 1.84 bits per heavy atom. The second-order valence-corrected chi connectivity index (χ2v) is 10.6. The zero-order chi connectivity index (χ0) is 22.2. The maximum Gasteiger partial charge on any atom is 0.254 e. The molecule has 2 amide bonds. The van der Waals surface area contributed by atoms with Gasteiger partial charge < -0.3 is 10.2 Å². The number of rotatable bonds is 2. The van der Waals surface area contributed by atoms with E-state index in [1.165, 1.54) is 11.1 Å². The maximum atomic E-state index is 13.8. The summed E-state index contributed by atoms with van der Waals surface area (Å²) in [5, 5.41) is 2.94. The topological polar surface area (TPSA) is 49.4 Å². The van der Waals surface area contributed by atoms with Crippen molar-refractivity contribution in [3.05, 3.63) is 64.7 Å². The summed E-state index contributed by atoms with van der Waals surface area (Å²) in [5.74, 6) is 0.0762. The minimum absolute atomic E-state index is 0.0108. The van der Waals surface area contributed by atoms with Crippen molar-refractivity contribution in [3.8, 4) is 0 Å². The molecule has 4 heteroatoms. The van der Waals surface area contributed by atoms with Crippen LogP contribution in [0.3, 0.4) is 0 Å². The van der Waals surface area contributed by atoms with Crippen molar-refractivity contribution < 1.29 is 9.59 Å². The largest absolute Gasteiger partial charge is 0.335 e. The third-order valence-corrected chi connectivity index (χ3v) is 9.00. The van der Waals surface area contributed by atoms with Crippen molar-refractivity contribution in [2.45, 2.75) is 70.8 Å². The molecule has 0 aromatic heterocycles. The third kappa shape index (κ3) is 2.54. The van der Waals surface area contributed by atoms with Gasteiger partial charge in [0, 0.05) is 29.3 Å². The summed E-state index contributed by atoms with van der Waals surface area (Å²) < 4.78 is 0. The van der Waals surface area contributed by atoms with Gasteiger partial charge in [0.15, 0.2) is 0 Å². The van der Waals surface area contributed by atoms with Gasteiger partial charge in [-0.15, -0.1) is 0 Å². The summed E-state index contributed by atoms with van der Waals surface area (Å²) >= 11 is 0. The van der Waals surface area contributed by atoms with Gasteiger partial charge in [0.25, 0.3) is 5.91 Å². The molecule has 5 rings (SSSR count). The molecule has 2 aromatic rings. The first-order valence-electron chi connectivity index (χ1n) is 11.5. The van der Waals surface area contributed by atoms with E-state index in [0.717, 1.165) is 37.1 Å². The highest BCUT2D eigenvalue weighted by atomic mass is 16.2. The van der Waals surface area contributed by atoms with Crippen molar-refractivity contribution in [3.63, 3.8) is 0 Å². The molecule has 1 N–H and O–H groups in total. The van der Waals surface area contributed by atoms with E-state index in [0.29, 0.717) is 5.56 Å². The number of amides is 2. The van der Waals surface area contributed by atoms with Crippen molar-refractivity contribution in [1.82, 2.24) is 4.90 Å². The van der Waals surface area contributed by atoms with Crippen molar-refractivity contribution in [2.24, 2.45) is 5.41 Å². The Kier molecular flexibility index (Phi) is 4.22. The van der Waals surface area contributed by atoms with E-state index in [1.807, 2.05) is 32.0 Å². The second-order valence-electron chi connectivity index (χ2n) is 10.6. The first-order valence-corrected chi connectivity index (χ1v) is 11.5. The van der Waals surface area contributed by atoms with E-state index >= 15 is 0 Å². The van der Waals surface area contributed by atoms with Crippen molar-refractivity contribution in [1.29, 1.82) is 0 Å². The number of carbonyl (C=O) groups excluding carboxylic acids is 2. The number of anilines is 1. The van der Waals surface area contributed by atoms with Crippen LogP contribution >= 0.6 is 0 Å². The normalized spacial score (nSPS) is 30.4. The number of benzene rings is 2. The number of nitrogens with one attached hydrogen (secondary N) is 1. The molecular formula is C27H32N2O2. The van der Waals surface area contributed by atoms with E-state index in [4.69, 9.17) is 0 Å². The molecule has 1 saturated heterocycles. The van der Waals surface area contributed by atoms with Gasteiger partial charge in [0.2, 0.25) is 5.91 Å². The number of carbonyl (C=O) groups is 2. The fourth-order valence-electron chi connectivity index (χ4n) is 6.46. The first-order chi connectivity index (χ1) is 14.6. The Morgan fingerprint density at radius 3 is 2.58 bits per heavy atom. The average molecular weight is 417 g/mol. The maximum absolute atomic E-state index is 13.8. The Labute approximate surface area is 185 Å². The lowest BCUT2D eigenvalue weighted by atomic mass is 9.49. The SMILES string of the molecule is CCC1(C)[C@H]2Cc3ccccc3[C@]1(C)CCN2C(=O)c1ccc2c(c1)C(C)(C)C(=O)N2. The average Bonchev–Trinajstić information content (AvgIpc) is 2.98. The number of hydrogen-bond acceptors (Lipinski definition) is 2. The number of hydrogen-bond donors (Lipinski definition) is 1. The van der Waals surface area contributed by atoms with Crippen LogP contribution in [0.5, 0.6) is 0 Å². The van der Waals surface area contributed by atoms with Crippen LogP contribution in [0, 0.1) is 5.41 Å². The molecule has 0 saturated carbocycles. The summed E-state index contributed by atoms with van der Waals surface area (Å²) in [5.41, 5.74) is 4.73. The molecule has 4 nitrogen and oxygen atoms in total.